The van der Waals surface area contributed by atoms with Crippen LogP contribution in [0.2, 0.25) is 5.02 Å². The molecule has 4 rings (SSSR count). The third kappa shape index (κ3) is 2.96. The molecule has 142 valence electrons. The number of fused-ring (bicyclic) bond motifs is 1. The minimum absolute atomic E-state index is 0.274. The Morgan fingerprint density at radius 1 is 1.07 bits per heavy atom. The molecule has 0 atom stereocenters. The summed E-state index contributed by atoms with van der Waals surface area (Å²) >= 11 is 6.29. The second-order valence-corrected chi connectivity index (χ2v) is 7.05. The lowest BCUT2D eigenvalue weighted by molar-refractivity contribution is 0.655. The summed E-state index contributed by atoms with van der Waals surface area (Å²) in [5, 5.41) is 0.618. The zero-order valence-electron chi connectivity index (χ0n) is 15.6. The van der Waals surface area contributed by atoms with Crippen molar-refractivity contribution in [1.29, 1.82) is 0 Å². The van der Waals surface area contributed by atoms with Crippen molar-refractivity contribution in [3.05, 3.63) is 91.8 Å². The summed E-state index contributed by atoms with van der Waals surface area (Å²) in [5.74, 6) is 0. The average Bonchev–Trinajstić information content (AvgIpc) is 3.08. The maximum atomic E-state index is 13.0. The van der Waals surface area contributed by atoms with Gasteiger partial charge >= 0.3 is 5.69 Å². The minimum Gasteiger partial charge on any atom is -0.320 e. The van der Waals surface area contributed by atoms with Gasteiger partial charge in [0.15, 0.2) is 11.2 Å². The highest BCUT2D eigenvalue weighted by molar-refractivity contribution is 6.31. The second kappa shape index (κ2) is 7.13. The molecule has 0 saturated heterocycles. The summed E-state index contributed by atoms with van der Waals surface area (Å²) in [7, 11) is 0. The molecule has 2 heterocycles. The highest BCUT2D eigenvalue weighted by Gasteiger charge is 2.19. The lowest BCUT2D eigenvalue weighted by Gasteiger charge is -2.12. The monoisotopic (exact) mass is 394 g/mol. The molecule has 0 aliphatic carbocycles. The van der Waals surface area contributed by atoms with E-state index in [1.54, 1.807) is 17.8 Å². The number of rotatable bonds is 4. The fraction of sp³-hybridized carbons (Fsp3) is 0.190. The Morgan fingerprint density at radius 3 is 2.57 bits per heavy atom. The second-order valence-electron chi connectivity index (χ2n) is 6.64. The molecule has 7 heteroatoms. The van der Waals surface area contributed by atoms with Crippen LogP contribution in [-0.2, 0) is 13.1 Å². The number of hydrogen-bond acceptors (Lipinski definition) is 3. The van der Waals surface area contributed by atoms with E-state index >= 15 is 0 Å². The van der Waals surface area contributed by atoms with Crippen LogP contribution in [-0.4, -0.2) is 18.7 Å². The molecule has 0 spiro atoms. The van der Waals surface area contributed by atoms with Gasteiger partial charge in [-0.1, -0.05) is 41.9 Å². The summed E-state index contributed by atoms with van der Waals surface area (Å²) in [6.45, 7) is 4.40. The van der Waals surface area contributed by atoms with Gasteiger partial charge in [0.2, 0.25) is 0 Å². The van der Waals surface area contributed by atoms with Gasteiger partial charge in [-0.05, 0) is 43.2 Å². The van der Waals surface area contributed by atoms with Gasteiger partial charge in [0.05, 0.1) is 18.6 Å². The van der Waals surface area contributed by atoms with Crippen molar-refractivity contribution in [3.8, 4) is 5.69 Å². The van der Waals surface area contributed by atoms with Crippen LogP contribution in [0.15, 0.2) is 64.4 Å². The quantitative estimate of drug-likeness (QED) is 0.533. The number of imidazole rings is 1. The number of aromatic nitrogens is 4. The smallest absolute Gasteiger partial charge is 0.320 e. The molecule has 2 aromatic carbocycles. The van der Waals surface area contributed by atoms with Crippen molar-refractivity contribution < 1.29 is 0 Å². The molecule has 0 fully saturated rings. The fourth-order valence-corrected chi connectivity index (χ4v) is 3.58. The van der Waals surface area contributed by atoms with Crippen LogP contribution in [0, 0.1) is 6.92 Å². The van der Waals surface area contributed by atoms with Crippen LogP contribution in [0.25, 0.3) is 16.9 Å². The first kappa shape index (κ1) is 18.3. The van der Waals surface area contributed by atoms with E-state index in [0.717, 1.165) is 11.1 Å². The summed E-state index contributed by atoms with van der Waals surface area (Å²) in [6, 6.07) is 15.0. The molecular weight excluding hydrogens is 376 g/mol. The number of hydrogen-bond donors (Lipinski definition) is 0. The number of aryl methyl sites for hydroxylation is 1. The summed E-state index contributed by atoms with van der Waals surface area (Å²) in [6.07, 6.45) is 1.58. The van der Waals surface area contributed by atoms with E-state index in [4.69, 9.17) is 11.6 Å². The Morgan fingerprint density at radius 2 is 1.86 bits per heavy atom. The maximum absolute atomic E-state index is 13.0. The third-order valence-electron chi connectivity index (χ3n) is 4.77. The summed E-state index contributed by atoms with van der Waals surface area (Å²) in [4.78, 5) is 30.5. The summed E-state index contributed by atoms with van der Waals surface area (Å²) in [5.41, 5.74) is 2.55. The van der Waals surface area contributed by atoms with Crippen LogP contribution in [0.5, 0.6) is 0 Å². The average molecular weight is 395 g/mol. The van der Waals surface area contributed by atoms with Gasteiger partial charge in [-0.2, -0.15) is 0 Å². The molecule has 0 amide bonds. The molecule has 4 aromatic rings. The Kier molecular flexibility index (Phi) is 4.65. The van der Waals surface area contributed by atoms with E-state index in [1.807, 2.05) is 55.5 Å². The molecule has 0 bridgehead atoms. The number of nitrogens with zero attached hydrogens (tertiary/aromatic N) is 4. The van der Waals surface area contributed by atoms with E-state index in [2.05, 4.69) is 4.98 Å². The lowest BCUT2D eigenvalue weighted by atomic mass is 10.2. The number of benzene rings is 2. The Balaban J connectivity index is 2.02. The zero-order chi connectivity index (χ0) is 19.8. The van der Waals surface area contributed by atoms with Gasteiger partial charge in [0.25, 0.3) is 5.56 Å². The molecule has 0 N–H and O–H groups in total. The molecule has 0 aliphatic rings. The van der Waals surface area contributed by atoms with Crippen molar-refractivity contribution in [3.63, 3.8) is 0 Å². The van der Waals surface area contributed by atoms with Crippen molar-refractivity contribution in [2.45, 2.75) is 26.9 Å². The molecule has 0 saturated carbocycles. The first-order valence-electron chi connectivity index (χ1n) is 9.02. The van der Waals surface area contributed by atoms with Crippen LogP contribution < -0.4 is 11.2 Å². The molecule has 0 radical (unpaired) electrons. The van der Waals surface area contributed by atoms with Crippen LogP contribution >= 0.6 is 11.6 Å². The number of halogens is 1. The lowest BCUT2D eigenvalue weighted by Crippen LogP contribution is -2.39. The molecule has 6 nitrogen and oxygen atoms in total. The van der Waals surface area contributed by atoms with Crippen LogP contribution in [0.1, 0.15) is 18.1 Å². The zero-order valence-corrected chi connectivity index (χ0v) is 16.3. The SMILES string of the molecule is CCn1c(=O)c2c(ncn2Cc2ccccc2Cl)n(-c2cccc(C)c2)c1=O. The van der Waals surface area contributed by atoms with Gasteiger partial charge < -0.3 is 4.57 Å². The largest absolute Gasteiger partial charge is 0.337 e. The van der Waals surface area contributed by atoms with Gasteiger partial charge in [-0.15, -0.1) is 0 Å². The van der Waals surface area contributed by atoms with Gasteiger partial charge in [-0.25, -0.2) is 14.3 Å². The van der Waals surface area contributed by atoms with Crippen LogP contribution in [0.3, 0.4) is 0 Å². The third-order valence-corrected chi connectivity index (χ3v) is 5.14. The molecule has 2 aromatic heterocycles. The van der Waals surface area contributed by atoms with Crippen molar-refractivity contribution in [2.75, 3.05) is 0 Å². The van der Waals surface area contributed by atoms with E-state index < -0.39 is 5.69 Å². The van der Waals surface area contributed by atoms with E-state index in [9.17, 15) is 9.59 Å². The molecular formula is C21H19ClN4O2. The normalized spacial score (nSPS) is 11.2. The molecule has 0 unspecified atom stereocenters. The van der Waals surface area contributed by atoms with Crippen molar-refractivity contribution in [2.24, 2.45) is 0 Å². The van der Waals surface area contributed by atoms with Gasteiger partial charge in [-0.3, -0.25) is 9.36 Å². The van der Waals surface area contributed by atoms with Gasteiger partial charge in [0, 0.05) is 11.6 Å². The highest BCUT2D eigenvalue weighted by atomic mass is 35.5. The van der Waals surface area contributed by atoms with E-state index in [1.165, 1.54) is 9.13 Å². The molecule has 0 aliphatic heterocycles. The first-order chi connectivity index (χ1) is 13.5. The minimum atomic E-state index is -0.395. The standard InChI is InChI=1S/C21H19ClN4O2/c1-3-25-20(27)18-19(26(21(25)28)16-9-6-7-14(2)11-16)23-13-24(18)12-15-8-4-5-10-17(15)22/h4-11,13H,3,12H2,1-2H3. The Bertz CT molecular complexity index is 1300. The Labute approximate surface area is 166 Å². The van der Waals surface area contributed by atoms with Crippen molar-refractivity contribution in [1.82, 2.24) is 18.7 Å². The molecule has 28 heavy (non-hydrogen) atoms. The van der Waals surface area contributed by atoms with E-state index in [-0.39, 0.29) is 12.1 Å². The predicted molar refractivity (Wildman–Crippen MR) is 111 cm³/mol. The van der Waals surface area contributed by atoms with Crippen LogP contribution in [0.4, 0.5) is 0 Å². The maximum Gasteiger partial charge on any atom is 0.337 e. The predicted octanol–water partition coefficient (Wildman–Crippen LogP) is 3.38. The highest BCUT2D eigenvalue weighted by Crippen LogP contribution is 2.19. The van der Waals surface area contributed by atoms with E-state index in [0.29, 0.717) is 28.4 Å². The fourth-order valence-electron chi connectivity index (χ4n) is 3.39. The Hall–Kier alpha value is -3.12. The summed E-state index contributed by atoms with van der Waals surface area (Å²) < 4.78 is 4.47. The van der Waals surface area contributed by atoms with Crippen molar-refractivity contribution >= 4 is 22.8 Å². The first-order valence-corrected chi connectivity index (χ1v) is 9.40. The topological polar surface area (TPSA) is 61.8 Å². The van der Waals surface area contributed by atoms with Gasteiger partial charge in [0.1, 0.15) is 0 Å².